The normalized spacial score (nSPS) is 16.7. The Morgan fingerprint density at radius 3 is 2.33 bits per heavy atom. The number of carbonyl (C=O) groups excluding carboxylic acids is 1. The van der Waals surface area contributed by atoms with Gasteiger partial charge in [0.15, 0.2) is 0 Å². The lowest BCUT2D eigenvalue weighted by molar-refractivity contribution is -0.142. The summed E-state index contributed by atoms with van der Waals surface area (Å²) in [6.45, 7) is 4.54. The Balaban J connectivity index is 1.34. The fourth-order valence-electron chi connectivity index (χ4n) is 5.23. The summed E-state index contributed by atoms with van der Waals surface area (Å²) in [5, 5.41) is 1.08. The van der Waals surface area contributed by atoms with Crippen molar-refractivity contribution in [2.24, 2.45) is 5.92 Å². The molecule has 0 atom stereocenters. The van der Waals surface area contributed by atoms with Crippen molar-refractivity contribution in [3.63, 3.8) is 0 Å². The topological polar surface area (TPSA) is 80.7 Å². The molecule has 39 heavy (non-hydrogen) atoms. The molecule has 4 heterocycles. The zero-order valence-electron chi connectivity index (χ0n) is 22.1. The van der Waals surface area contributed by atoms with E-state index in [1.807, 2.05) is 24.3 Å². The number of methoxy groups -OCH3 is 1. The minimum atomic E-state index is -0.138. The van der Waals surface area contributed by atoms with Crippen LogP contribution in [0, 0.1) is 5.92 Å². The highest BCUT2D eigenvalue weighted by atomic mass is 35.5. The summed E-state index contributed by atoms with van der Waals surface area (Å²) in [5.41, 5.74) is 2.57. The van der Waals surface area contributed by atoms with Gasteiger partial charge in [-0.2, -0.15) is 0 Å². The number of piperidine rings is 2. The van der Waals surface area contributed by atoms with Crippen LogP contribution >= 0.6 is 23.2 Å². The molecule has 0 spiro atoms. The number of pyridine rings is 1. The predicted octanol–water partition coefficient (Wildman–Crippen LogP) is 6.40. The number of ether oxygens (including phenoxy) is 2. The van der Waals surface area contributed by atoms with Gasteiger partial charge in [-0.15, -0.1) is 0 Å². The second-order valence-corrected chi connectivity index (χ2v) is 11.1. The Labute approximate surface area is 239 Å². The lowest BCUT2D eigenvalue weighted by Crippen LogP contribution is -2.34. The number of carbonyl (C=O) groups is 1. The molecular weight excluding hydrogens is 537 g/mol. The smallest absolute Gasteiger partial charge is 0.305 e. The van der Waals surface area contributed by atoms with Crippen LogP contribution in [0.1, 0.15) is 44.1 Å². The zero-order valence-corrected chi connectivity index (χ0v) is 23.6. The van der Waals surface area contributed by atoms with E-state index in [1.54, 1.807) is 18.5 Å². The number of likely N-dealkylation sites (tertiary alicyclic amines) is 1. The molecule has 0 aliphatic carbocycles. The van der Waals surface area contributed by atoms with Crippen molar-refractivity contribution in [3.05, 3.63) is 58.3 Å². The van der Waals surface area contributed by atoms with Crippen LogP contribution < -0.4 is 9.64 Å². The maximum atomic E-state index is 11.7. The molecule has 2 fully saturated rings. The van der Waals surface area contributed by atoms with E-state index in [2.05, 4.69) is 19.8 Å². The Morgan fingerprint density at radius 2 is 1.67 bits per heavy atom. The molecular formula is C29H33Cl2N5O3. The van der Waals surface area contributed by atoms with E-state index in [1.165, 1.54) is 26.4 Å². The lowest BCUT2D eigenvalue weighted by Gasteiger charge is -2.31. The third-order valence-electron chi connectivity index (χ3n) is 7.32. The number of halogens is 2. The fourth-order valence-corrected chi connectivity index (χ4v) is 5.76. The number of anilines is 1. The van der Waals surface area contributed by atoms with Crippen molar-refractivity contribution in [1.82, 2.24) is 19.9 Å². The molecule has 0 bridgehead atoms. The highest BCUT2D eigenvalue weighted by Crippen LogP contribution is 2.31. The monoisotopic (exact) mass is 569 g/mol. The molecule has 5 rings (SSSR count). The van der Waals surface area contributed by atoms with E-state index >= 15 is 0 Å². The first-order valence-corrected chi connectivity index (χ1v) is 14.2. The zero-order chi connectivity index (χ0) is 27.2. The third-order valence-corrected chi connectivity index (χ3v) is 7.76. The molecule has 10 heteroatoms. The molecule has 8 nitrogen and oxygen atoms in total. The average Bonchev–Trinajstić information content (AvgIpc) is 2.94. The van der Waals surface area contributed by atoms with Crippen molar-refractivity contribution in [2.75, 3.05) is 38.2 Å². The Bertz CT molecular complexity index is 1260. The summed E-state index contributed by atoms with van der Waals surface area (Å²) in [7, 11) is 1.44. The van der Waals surface area contributed by atoms with Crippen LogP contribution in [-0.4, -0.2) is 59.1 Å². The molecule has 1 aromatic carbocycles. The maximum Gasteiger partial charge on any atom is 0.305 e. The minimum Gasteiger partial charge on any atom is -0.469 e. The predicted molar refractivity (Wildman–Crippen MR) is 152 cm³/mol. The minimum absolute atomic E-state index is 0.138. The highest BCUT2D eigenvalue weighted by Gasteiger charge is 2.22. The second-order valence-electron chi connectivity index (χ2n) is 10.2. The van der Waals surface area contributed by atoms with E-state index in [9.17, 15) is 4.79 Å². The number of hydrogen-bond donors (Lipinski definition) is 0. The average molecular weight is 571 g/mol. The summed E-state index contributed by atoms with van der Waals surface area (Å²) >= 11 is 12.6. The molecule has 0 amide bonds. The third kappa shape index (κ3) is 7.59. The molecule has 0 radical (unpaired) electrons. The van der Waals surface area contributed by atoms with Crippen molar-refractivity contribution < 1.29 is 14.3 Å². The van der Waals surface area contributed by atoms with Gasteiger partial charge in [-0.3, -0.25) is 9.69 Å². The Morgan fingerprint density at radius 1 is 0.923 bits per heavy atom. The lowest BCUT2D eigenvalue weighted by atomic mass is 9.93. The van der Waals surface area contributed by atoms with Gasteiger partial charge in [-0.25, -0.2) is 15.0 Å². The van der Waals surface area contributed by atoms with Gasteiger partial charge in [0, 0.05) is 47.7 Å². The number of esters is 1. The summed E-state index contributed by atoms with van der Waals surface area (Å²) in [6.07, 6.45) is 9.43. The first-order valence-electron chi connectivity index (χ1n) is 13.5. The van der Waals surface area contributed by atoms with E-state index in [0.717, 1.165) is 62.5 Å². The number of aromatic nitrogens is 3. The van der Waals surface area contributed by atoms with Crippen LogP contribution in [0.25, 0.3) is 11.3 Å². The standard InChI is InChI=1S/C29H33Cl2N5O3/c1-38-29(37)13-20-5-9-35(10-6-20)19-21-11-25(22-14-23(30)16-24(31)15-22)34-27(12-21)39-28-18-32-26(17-33-28)36-7-3-2-4-8-36/h11-12,14-18,20H,2-10,13,19H2,1H3. The fraction of sp³-hybridized carbons (Fsp3) is 0.448. The van der Waals surface area contributed by atoms with Crippen molar-refractivity contribution in [1.29, 1.82) is 0 Å². The van der Waals surface area contributed by atoms with Gasteiger partial charge in [0.2, 0.25) is 11.8 Å². The van der Waals surface area contributed by atoms with Gasteiger partial charge in [0.05, 0.1) is 25.2 Å². The number of benzene rings is 1. The number of rotatable bonds is 8. The second kappa shape index (κ2) is 12.9. The van der Waals surface area contributed by atoms with Crippen LogP contribution in [0.3, 0.4) is 0 Å². The van der Waals surface area contributed by atoms with Gasteiger partial charge in [0.25, 0.3) is 0 Å². The summed E-state index contributed by atoms with van der Waals surface area (Å²) < 4.78 is 10.9. The van der Waals surface area contributed by atoms with E-state index < -0.39 is 0 Å². The van der Waals surface area contributed by atoms with Crippen LogP contribution in [0.5, 0.6) is 11.8 Å². The molecule has 0 unspecified atom stereocenters. The molecule has 2 aromatic heterocycles. The first kappa shape index (κ1) is 27.6. The molecule has 0 saturated carbocycles. The quantitative estimate of drug-likeness (QED) is 0.288. The largest absolute Gasteiger partial charge is 0.469 e. The Kier molecular flexibility index (Phi) is 9.17. The first-order chi connectivity index (χ1) is 18.9. The van der Waals surface area contributed by atoms with Crippen LogP contribution in [-0.2, 0) is 16.1 Å². The number of nitrogens with zero attached hydrogens (tertiary/aromatic N) is 5. The van der Waals surface area contributed by atoms with Crippen LogP contribution in [0.2, 0.25) is 10.0 Å². The summed E-state index contributed by atoms with van der Waals surface area (Å²) in [4.78, 5) is 30.2. The van der Waals surface area contributed by atoms with Crippen molar-refractivity contribution in [3.8, 4) is 23.0 Å². The van der Waals surface area contributed by atoms with E-state index in [4.69, 9.17) is 37.7 Å². The van der Waals surface area contributed by atoms with Crippen molar-refractivity contribution >= 4 is 35.0 Å². The SMILES string of the molecule is COC(=O)CC1CCN(Cc2cc(Oc3cnc(N4CCCCC4)cn3)nc(-c3cc(Cl)cc(Cl)c3)c2)CC1. The van der Waals surface area contributed by atoms with Gasteiger partial charge in [0.1, 0.15) is 5.82 Å². The maximum absolute atomic E-state index is 11.7. The molecule has 0 N–H and O–H groups in total. The van der Waals surface area contributed by atoms with Crippen molar-refractivity contribution in [2.45, 2.75) is 45.1 Å². The van der Waals surface area contributed by atoms with Crippen LogP contribution in [0.15, 0.2) is 42.7 Å². The van der Waals surface area contributed by atoms with Gasteiger partial charge in [-0.05, 0) is 80.9 Å². The molecule has 206 valence electrons. The van der Waals surface area contributed by atoms with Gasteiger partial charge >= 0.3 is 5.97 Å². The molecule has 2 aliphatic rings. The molecule has 2 saturated heterocycles. The molecule has 2 aliphatic heterocycles. The van der Waals surface area contributed by atoms with Gasteiger partial charge < -0.3 is 14.4 Å². The van der Waals surface area contributed by atoms with Gasteiger partial charge in [-0.1, -0.05) is 23.2 Å². The highest BCUT2D eigenvalue weighted by molar-refractivity contribution is 6.35. The summed E-state index contributed by atoms with van der Waals surface area (Å²) in [5.74, 6) is 1.91. The Hall–Kier alpha value is -2.94. The van der Waals surface area contributed by atoms with E-state index in [0.29, 0.717) is 39.8 Å². The molecule has 3 aromatic rings. The van der Waals surface area contributed by atoms with E-state index in [-0.39, 0.29) is 5.97 Å². The number of hydrogen-bond acceptors (Lipinski definition) is 8. The summed E-state index contributed by atoms with van der Waals surface area (Å²) in [6, 6.07) is 9.37. The van der Waals surface area contributed by atoms with Crippen LogP contribution in [0.4, 0.5) is 5.82 Å².